The van der Waals surface area contributed by atoms with Gasteiger partial charge in [0.2, 0.25) is 0 Å². The van der Waals surface area contributed by atoms with Crippen molar-refractivity contribution in [2.75, 3.05) is 6.54 Å². The molecule has 2 N–H and O–H groups in total. The Morgan fingerprint density at radius 3 is 2.64 bits per heavy atom. The normalized spacial score (nSPS) is 12.4. The van der Waals surface area contributed by atoms with Gasteiger partial charge < -0.3 is 5.73 Å². The molecule has 80 valence electrons. The first-order valence-corrected chi connectivity index (χ1v) is 4.47. The van der Waals surface area contributed by atoms with Crippen LogP contribution in [0.1, 0.15) is 26.1 Å². The fourth-order valence-electron chi connectivity index (χ4n) is 1.14. The molecule has 0 aliphatic heterocycles. The maximum atomic E-state index is 12.2. The molecule has 0 saturated heterocycles. The number of hydrogen-bond donors (Lipinski definition) is 1. The van der Waals surface area contributed by atoms with E-state index in [-0.39, 0.29) is 5.41 Å². The Morgan fingerprint density at radius 1 is 1.57 bits per heavy atom. The summed E-state index contributed by atoms with van der Waals surface area (Å²) in [6.07, 6.45) is 1.90. The smallest absolute Gasteiger partial charge is 0.330 e. The molecule has 5 heteroatoms. The van der Waals surface area contributed by atoms with E-state index in [0.29, 0.717) is 23.3 Å². The van der Waals surface area contributed by atoms with Crippen LogP contribution >= 0.6 is 0 Å². The van der Waals surface area contributed by atoms with Crippen molar-refractivity contribution in [1.82, 2.24) is 9.78 Å². The van der Waals surface area contributed by atoms with Crippen molar-refractivity contribution >= 4 is 0 Å². The summed E-state index contributed by atoms with van der Waals surface area (Å²) < 4.78 is 25.0. The average molecular weight is 203 g/mol. The van der Waals surface area contributed by atoms with Crippen molar-refractivity contribution in [2.45, 2.75) is 26.8 Å². The van der Waals surface area contributed by atoms with Crippen molar-refractivity contribution in [3.05, 3.63) is 18.0 Å². The summed E-state index contributed by atoms with van der Waals surface area (Å²) in [7, 11) is 0. The third-order valence-corrected chi connectivity index (χ3v) is 2.08. The third kappa shape index (κ3) is 2.77. The van der Waals surface area contributed by atoms with Gasteiger partial charge in [-0.3, -0.25) is 0 Å². The van der Waals surface area contributed by atoms with Gasteiger partial charge in [-0.15, -0.1) is 0 Å². The molecule has 3 nitrogen and oxygen atoms in total. The minimum atomic E-state index is -2.57. The Kier molecular flexibility index (Phi) is 3.21. The molecule has 1 rings (SSSR count). The summed E-state index contributed by atoms with van der Waals surface area (Å²) in [5.74, 6) is 0. The Labute approximate surface area is 81.9 Å². The predicted molar refractivity (Wildman–Crippen MR) is 50.0 cm³/mol. The maximum absolute atomic E-state index is 12.2. The minimum absolute atomic E-state index is 0.0959. The molecule has 0 amide bonds. The van der Waals surface area contributed by atoms with Crippen LogP contribution in [0.2, 0.25) is 0 Å². The topological polar surface area (TPSA) is 43.8 Å². The molecule has 0 atom stereocenters. The first-order valence-electron chi connectivity index (χ1n) is 4.47. The molecule has 0 aliphatic rings. The highest BCUT2D eigenvalue weighted by molar-refractivity contribution is 5.02. The summed E-state index contributed by atoms with van der Waals surface area (Å²) in [6.45, 7) is 1.90. The van der Waals surface area contributed by atoms with Crippen LogP contribution in [0.15, 0.2) is 12.3 Å². The van der Waals surface area contributed by atoms with Gasteiger partial charge >= 0.3 is 6.55 Å². The van der Waals surface area contributed by atoms with Crippen LogP contribution in [0.4, 0.5) is 8.78 Å². The van der Waals surface area contributed by atoms with E-state index in [2.05, 4.69) is 5.10 Å². The average Bonchev–Trinajstić information content (AvgIpc) is 2.52. The number of halogens is 2. The molecule has 0 fully saturated rings. The van der Waals surface area contributed by atoms with Crippen LogP contribution in [-0.2, 0) is 6.42 Å². The summed E-state index contributed by atoms with van der Waals surface area (Å²) >= 11 is 0. The molecule has 0 bridgehead atoms. The monoisotopic (exact) mass is 203 g/mol. The number of rotatable bonds is 4. The number of alkyl halides is 2. The van der Waals surface area contributed by atoms with E-state index in [1.165, 1.54) is 6.20 Å². The molecule has 0 saturated carbocycles. The third-order valence-electron chi connectivity index (χ3n) is 2.08. The summed E-state index contributed by atoms with van der Waals surface area (Å²) in [5, 5.41) is 3.75. The van der Waals surface area contributed by atoms with E-state index in [1.54, 1.807) is 6.07 Å². The quantitative estimate of drug-likeness (QED) is 0.811. The summed E-state index contributed by atoms with van der Waals surface area (Å²) in [6, 6.07) is 1.60. The van der Waals surface area contributed by atoms with E-state index in [9.17, 15) is 8.78 Å². The Morgan fingerprint density at radius 2 is 2.21 bits per heavy atom. The summed E-state index contributed by atoms with van der Waals surface area (Å²) in [4.78, 5) is 0. The highest BCUT2D eigenvalue weighted by atomic mass is 19.3. The highest BCUT2D eigenvalue weighted by Gasteiger charge is 2.18. The summed E-state index contributed by atoms with van der Waals surface area (Å²) in [5.41, 5.74) is 6.10. The van der Waals surface area contributed by atoms with E-state index in [4.69, 9.17) is 5.73 Å². The van der Waals surface area contributed by atoms with Crippen molar-refractivity contribution in [3.8, 4) is 0 Å². The number of hydrogen-bond acceptors (Lipinski definition) is 2. The molecule has 0 radical (unpaired) electrons. The van der Waals surface area contributed by atoms with Gasteiger partial charge in [0.15, 0.2) is 0 Å². The first-order chi connectivity index (χ1) is 6.44. The lowest BCUT2D eigenvalue weighted by atomic mass is 9.88. The van der Waals surface area contributed by atoms with Gasteiger partial charge in [0.05, 0.1) is 5.69 Å². The minimum Gasteiger partial charge on any atom is -0.330 e. The van der Waals surface area contributed by atoms with Crippen molar-refractivity contribution in [1.29, 1.82) is 0 Å². The van der Waals surface area contributed by atoms with E-state index in [1.807, 2.05) is 13.8 Å². The SMILES string of the molecule is CC(C)(CN)Cc1ccn(C(F)F)n1. The Bertz CT molecular complexity index is 294. The van der Waals surface area contributed by atoms with Crippen LogP contribution in [-0.4, -0.2) is 16.3 Å². The molecule has 1 aromatic heterocycles. The van der Waals surface area contributed by atoms with Crippen LogP contribution in [0.5, 0.6) is 0 Å². The number of aromatic nitrogens is 2. The first kappa shape index (κ1) is 11.1. The molecule has 1 aromatic rings. The highest BCUT2D eigenvalue weighted by Crippen LogP contribution is 2.19. The van der Waals surface area contributed by atoms with Crippen LogP contribution in [0.3, 0.4) is 0 Å². The second kappa shape index (κ2) is 4.04. The van der Waals surface area contributed by atoms with Gasteiger partial charge in [0.25, 0.3) is 0 Å². The second-order valence-corrected chi connectivity index (χ2v) is 4.11. The Balaban J connectivity index is 2.69. The van der Waals surface area contributed by atoms with Crippen LogP contribution in [0.25, 0.3) is 0 Å². The van der Waals surface area contributed by atoms with Crippen LogP contribution < -0.4 is 5.73 Å². The van der Waals surface area contributed by atoms with Gasteiger partial charge in [-0.25, -0.2) is 4.68 Å². The van der Waals surface area contributed by atoms with Gasteiger partial charge in [0, 0.05) is 6.20 Å². The fraction of sp³-hybridized carbons (Fsp3) is 0.667. The zero-order valence-corrected chi connectivity index (χ0v) is 8.37. The number of nitrogens with two attached hydrogens (primary N) is 1. The molecule has 0 unspecified atom stereocenters. The largest absolute Gasteiger partial charge is 0.333 e. The van der Waals surface area contributed by atoms with Gasteiger partial charge in [-0.05, 0) is 24.4 Å². The van der Waals surface area contributed by atoms with E-state index < -0.39 is 6.55 Å². The molecule has 1 heterocycles. The van der Waals surface area contributed by atoms with Crippen molar-refractivity contribution in [2.24, 2.45) is 11.1 Å². The molecule has 0 aromatic carbocycles. The number of nitrogens with zero attached hydrogens (tertiary/aromatic N) is 2. The standard InChI is InChI=1S/C9H15F2N3/c1-9(2,6-12)5-7-3-4-14(13-7)8(10)11/h3-4,8H,5-6,12H2,1-2H3. The zero-order chi connectivity index (χ0) is 10.8. The molecule has 14 heavy (non-hydrogen) atoms. The predicted octanol–water partition coefficient (Wildman–Crippen LogP) is 1.81. The molecular weight excluding hydrogens is 188 g/mol. The lowest BCUT2D eigenvalue weighted by Crippen LogP contribution is -2.26. The van der Waals surface area contributed by atoms with Crippen molar-refractivity contribution in [3.63, 3.8) is 0 Å². The van der Waals surface area contributed by atoms with E-state index in [0.717, 1.165) is 0 Å². The van der Waals surface area contributed by atoms with Gasteiger partial charge in [-0.1, -0.05) is 13.8 Å². The lowest BCUT2D eigenvalue weighted by molar-refractivity contribution is 0.0559. The van der Waals surface area contributed by atoms with Gasteiger partial charge in [-0.2, -0.15) is 13.9 Å². The molecule has 0 aliphatic carbocycles. The van der Waals surface area contributed by atoms with E-state index >= 15 is 0 Å². The molecular formula is C9H15F2N3. The zero-order valence-electron chi connectivity index (χ0n) is 8.37. The second-order valence-electron chi connectivity index (χ2n) is 4.11. The van der Waals surface area contributed by atoms with Crippen LogP contribution in [0, 0.1) is 5.41 Å². The van der Waals surface area contributed by atoms with Crippen molar-refractivity contribution < 1.29 is 8.78 Å². The van der Waals surface area contributed by atoms with Gasteiger partial charge in [0.1, 0.15) is 0 Å². The fourth-order valence-corrected chi connectivity index (χ4v) is 1.14. The Hall–Kier alpha value is -0.970. The molecule has 0 spiro atoms. The lowest BCUT2D eigenvalue weighted by Gasteiger charge is -2.20. The maximum Gasteiger partial charge on any atom is 0.333 e.